The number of rotatable bonds is 7. The highest BCUT2D eigenvalue weighted by atomic mass is 16.5. The Balaban J connectivity index is 1.38. The molecule has 2 amide bonds. The van der Waals surface area contributed by atoms with Gasteiger partial charge in [0.1, 0.15) is 5.76 Å². The Morgan fingerprint density at radius 3 is 2.65 bits per heavy atom. The fourth-order valence-electron chi connectivity index (χ4n) is 5.37. The zero-order chi connectivity index (χ0) is 23.7. The molecule has 1 saturated heterocycles. The number of ether oxygens (including phenoxy) is 1. The number of hydrogen-bond acceptors (Lipinski definition) is 6. The summed E-state index contributed by atoms with van der Waals surface area (Å²) >= 11 is 0. The Morgan fingerprint density at radius 2 is 2.03 bits per heavy atom. The second kappa shape index (κ2) is 9.34. The maximum Gasteiger partial charge on any atom is 0.565 e. The first kappa shape index (κ1) is 22.8. The summed E-state index contributed by atoms with van der Waals surface area (Å²) in [6, 6.07) is 6.39. The van der Waals surface area contributed by atoms with E-state index in [1.807, 2.05) is 0 Å². The van der Waals surface area contributed by atoms with Gasteiger partial charge < -0.3 is 14.6 Å². The standard InChI is InChI=1S/C25H31N5O4/c1-25(9-10-25)22(17-4-3-5-17)18(15-26-24(32)19-6-11-27-30(19)2)23(31)28-21-14-20(34-29-21)16-7-12-33-13-8-16/h6,11,14,16-18,22H,3-5,7-10,12-13H2,1-2H3/p+1. The van der Waals surface area contributed by atoms with Crippen LogP contribution in [0.2, 0.25) is 0 Å². The van der Waals surface area contributed by atoms with Crippen LogP contribution in [0, 0.1) is 29.2 Å². The molecule has 0 spiro atoms. The van der Waals surface area contributed by atoms with Gasteiger partial charge in [-0.25, -0.2) is 0 Å². The molecule has 34 heavy (non-hydrogen) atoms. The third-order valence-corrected chi connectivity index (χ3v) is 7.89. The van der Waals surface area contributed by atoms with Gasteiger partial charge in [-0.05, 0) is 49.0 Å². The molecule has 2 saturated carbocycles. The highest BCUT2D eigenvalue weighted by Gasteiger charge is 2.55. The van der Waals surface area contributed by atoms with Gasteiger partial charge in [-0.1, -0.05) is 31.3 Å². The minimum absolute atomic E-state index is 0.0717. The van der Waals surface area contributed by atoms with Crippen molar-refractivity contribution in [2.24, 2.45) is 30.2 Å². The number of anilines is 1. The molecule has 9 nitrogen and oxygen atoms in total. The van der Waals surface area contributed by atoms with E-state index in [0.29, 0.717) is 30.6 Å². The second-order valence-corrected chi connectivity index (χ2v) is 10.2. The number of carbonyl (C=O) groups is 2. The SMILES string of the molecule is Cn1nccc1C(=O)[N+]#CC(C(=O)Nc1cc(C2CCOCC2)on1)C(C1CCC1)C1(C)CC1. The Kier molecular flexibility index (Phi) is 6.26. The molecule has 2 aliphatic carbocycles. The first-order chi connectivity index (χ1) is 16.4. The summed E-state index contributed by atoms with van der Waals surface area (Å²) in [5.41, 5.74) is 0.435. The number of aromatic nitrogens is 3. The van der Waals surface area contributed by atoms with E-state index in [-0.39, 0.29) is 23.2 Å². The molecule has 5 rings (SSSR count). The van der Waals surface area contributed by atoms with Crippen LogP contribution < -0.4 is 5.32 Å². The molecule has 2 unspecified atom stereocenters. The molecule has 0 aromatic carbocycles. The third-order valence-electron chi connectivity index (χ3n) is 7.89. The van der Waals surface area contributed by atoms with Crippen LogP contribution >= 0.6 is 0 Å². The average molecular weight is 467 g/mol. The van der Waals surface area contributed by atoms with Gasteiger partial charge in [0.25, 0.3) is 0 Å². The zero-order valence-corrected chi connectivity index (χ0v) is 19.8. The lowest BCUT2D eigenvalue weighted by molar-refractivity contribution is -0.121. The monoisotopic (exact) mass is 466 g/mol. The number of carbonyl (C=O) groups excluding carboxylic acids is 2. The van der Waals surface area contributed by atoms with Crippen molar-refractivity contribution in [1.82, 2.24) is 14.9 Å². The van der Waals surface area contributed by atoms with E-state index in [2.05, 4.69) is 33.4 Å². The van der Waals surface area contributed by atoms with Crippen LogP contribution in [0.15, 0.2) is 22.9 Å². The van der Waals surface area contributed by atoms with Gasteiger partial charge in [0.2, 0.25) is 5.91 Å². The lowest BCUT2D eigenvalue weighted by Crippen LogP contribution is -2.39. The smallest absolute Gasteiger partial charge is 0.381 e. The molecule has 2 atom stereocenters. The molecule has 3 heterocycles. The fraction of sp³-hybridized carbons (Fsp3) is 0.640. The van der Waals surface area contributed by atoms with E-state index in [9.17, 15) is 9.59 Å². The average Bonchev–Trinajstić information content (AvgIpc) is 3.17. The van der Waals surface area contributed by atoms with Gasteiger partial charge in [-0.2, -0.15) is 9.89 Å². The first-order valence-corrected chi connectivity index (χ1v) is 12.3. The maximum absolute atomic E-state index is 13.6. The van der Waals surface area contributed by atoms with Crippen molar-refractivity contribution in [1.29, 1.82) is 0 Å². The van der Waals surface area contributed by atoms with E-state index in [4.69, 9.17) is 9.26 Å². The molecule has 0 bridgehead atoms. The van der Waals surface area contributed by atoms with E-state index >= 15 is 0 Å². The van der Waals surface area contributed by atoms with Crippen molar-refractivity contribution in [2.45, 2.75) is 57.8 Å². The largest absolute Gasteiger partial charge is 0.565 e. The van der Waals surface area contributed by atoms with Crippen molar-refractivity contribution < 1.29 is 18.8 Å². The number of aryl methyl sites for hydroxylation is 1. The van der Waals surface area contributed by atoms with Gasteiger partial charge in [0.15, 0.2) is 17.4 Å². The van der Waals surface area contributed by atoms with Crippen molar-refractivity contribution in [3.63, 3.8) is 0 Å². The lowest BCUT2D eigenvalue weighted by Gasteiger charge is -2.38. The minimum atomic E-state index is -0.641. The van der Waals surface area contributed by atoms with Crippen LogP contribution in [-0.2, 0) is 16.6 Å². The second-order valence-electron chi connectivity index (χ2n) is 10.2. The van der Waals surface area contributed by atoms with Crippen LogP contribution in [0.4, 0.5) is 5.82 Å². The Hall–Kier alpha value is -2.99. The highest BCUT2D eigenvalue weighted by Crippen LogP contribution is 2.59. The minimum Gasteiger partial charge on any atom is -0.381 e. The molecule has 1 aliphatic heterocycles. The molecule has 2 aromatic rings. The molecular formula is C25H32N5O4+. The van der Waals surface area contributed by atoms with Gasteiger partial charge in [-0.3, -0.25) is 9.48 Å². The number of amides is 2. The molecule has 180 valence electrons. The lowest BCUT2D eigenvalue weighted by atomic mass is 9.64. The summed E-state index contributed by atoms with van der Waals surface area (Å²) in [6.45, 7) is 3.64. The predicted molar refractivity (Wildman–Crippen MR) is 124 cm³/mol. The molecule has 1 N–H and O–H groups in total. The Labute approximate surface area is 199 Å². The van der Waals surface area contributed by atoms with Gasteiger partial charge in [0, 0.05) is 43.3 Å². The van der Waals surface area contributed by atoms with Gasteiger partial charge in [0.05, 0.1) is 0 Å². The summed E-state index contributed by atoms with van der Waals surface area (Å²) in [4.78, 5) is 30.3. The molecular weight excluding hydrogens is 434 g/mol. The summed E-state index contributed by atoms with van der Waals surface area (Å²) in [5, 5.41) is 11.1. The fourth-order valence-corrected chi connectivity index (χ4v) is 5.37. The highest BCUT2D eigenvalue weighted by molar-refractivity contribution is 6.01. The van der Waals surface area contributed by atoms with E-state index < -0.39 is 11.8 Å². The normalized spacial score (nSPS) is 21.6. The Morgan fingerprint density at radius 1 is 1.26 bits per heavy atom. The van der Waals surface area contributed by atoms with Crippen LogP contribution in [0.3, 0.4) is 0 Å². The Bertz CT molecular complexity index is 1110. The topological polar surface area (TPSA) is 104 Å². The maximum atomic E-state index is 13.6. The summed E-state index contributed by atoms with van der Waals surface area (Å²) < 4.78 is 12.4. The predicted octanol–water partition coefficient (Wildman–Crippen LogP) is 4.25. The summed E-state index contributed by atoms with van der Waals surface area (Å²) in [6.07, 6.45) is 8.83. The zero-order valence-electron chi connectivity index (χ0n) is 19.8. The van der Waals surface area contributed by atoms with Gasteiger partial charge in [-0.15, -0.1) is 0 Å². The van der Waals surface area contributed by atoms with Crippen molar-refractivity contribution in [3.05, 3.63) is 34.6 Å². The third kappa shape index (κ3) is 4.64. The summed E-state index contributed by atoms with van der Waals surface area (Å²) in [5.74, 6) is 0.610. The van der Waals surface area contributed by atoms with Crippen LogP contribution in [0.25, 0.3) is 4.85 Å². The summed E-state index contributed by atoms with van der Waals surface area (Å²) in [7, 11) is 1.69. The number of hydrogen-bond donors (Lipinski definition) is 1. The van der Waals surface area contributed by atoms with Gasteiger partial charge >= 0.3 is 12.0 Å². The quantitative estimate of drug-likeness (QED) is 0.654. The van der Waals surface area contributed by atoms with Crippen LogP contribution in [0.1, 0.15) is 74.0 Å². The molecule has 9 heteroatoms. The number of nitrogens with zero attached hydrogens (tertiary/aromatic N) is 4. The van der Waals surface area contributed by atoms with Crippen molar-refractivity contribution in [3.8, 4) is 6.07 Å². The van der Waals surface area contributed by atoms with E-state index in [1.54, 1.807) is 25.4 Å². The number of nitrogens with one attached hydrogen (secondary N) is 1. The van der Waals surface area contributed by atoms with Crippen molar-refractivity contribution >= 4 is 17.6 Å². The van der Waals surface area contributed by atoms with E-state index in [1.165, 1.54) is 11.1 Å². The van der Waals surface area contributed by atoms with Crippen LogP contribution in [-0.4, -0.2) is 40.0 Å². The molecule has 2 aromatic heterocycles. The first-order valence-electron chi connectivity index (χ1n) is 12.3. The molecule has 0 radical (unpaired) electrons. The molecule has 3 fully saturated rings. The van der Waals surface area contributed by atoms with Crippen LogP contribution in [0.5, 0.6) is 0 Å². The van der Waals surface area contributed by atoms with Crippen molar-refractivity contribution in [2.75, 3.05) is 18.5 Å². The molecule has 3 aliphatic rings. The van der Waals surface area contributed by atoms with E-state index in [0.717, 1.165) is 44.3 Å².